The average molecular weight is 274 g/mol. The minimum absolute atomic E-state index is 0.0246. The molecule has 2 aliphatic rings. The minimum Gasteiger partial charge on any atom is -0.414 e. The maximum Gasteiger partial charge on any atom is 0.192 e. The van der Waals surface area contributed by atoms with E-state index in [4.69, 9.17) is 18.6 Å². The van der Waals surface area contributed by atoms with Crippen LogP contribution in [0.15, 0.2) is 0 Å². The molecule has 1 spiro atoms. The molecule has 2 rings (SSSR count). The average Bonchev–Trinajstić information content (AvgIpc) is 2.90. The minimum atomic E-state index is -1.72. The fourth-order valence-corrected chi connectivity index (χ4v) is 3.00. The van der Waals surface area contributed by atoms with E-state index in [2.05, 4.69) is 33.9 Å². The van der Waals surface area contributed by atoms with Crippen LogP contribution in [0.2, 0.25) is 18.1 Å². The Hall–Kier alpha value is 0.0569. The summed E-state index contributed by atoms with van der Waals surface area (Å²) in [5.41, 5.74) is -0.122. The zero-order valence-electron chi connectivity index (χ0n) is 12.4. The van der Waals surface area contributed by atoms with Crippen molar-refractivity contribution in [3.8, 4) is 0 Å². The molecule has 0 amide bonds. The van der Waals surface area contributed by atoms with E-state index in [9.17, 15) is 0 Å². The molecular weight excluding hydrogens is 248 g/mol. The Bertz CT molecular complexity index is 307. The second kappa shape index (κ2) is 4.56. The second-order valence-corrected chi connectivity index (χ2v) is 11.7. The number of rotatable bonds is 4. The molecule has 106 valence electrons. The largest absolute Gasteiger partial charge is 0.414 e. The van der Waals surface area contributed by atoms with Crippen LogP contribution in [0, 0.1) is 0 Å². The van der Waals surface area contributed by atoms with Crippen LogP contribution >= 0.6 is 0 Å². The zero-order valence-corrected chi connectivity index (χ0v) is 13.4. The molecule has 5 heteroatoms. The lowest BCUT2D eigenvalue weighted by atomic mass is 10.0. The van der Waals surface area contributed by atoms with Gasteiger partial charge in [-0.2, -0.15) is 0 Å². The fourth-order valence-electron chi connectivity index (χ4n) is 2.00. The van der Waals surface area contributed by atoms with E-state index in [1.807, 2.05) is 0 Å². The monoisotopic (exact) mass is 274 g/mol. The molecular formula is C13H26O4Si. The maximum absolute atomic E-state index is 6.22. The molecule has 18 heavy (non-hydrogen) atoms. The summed E-state index contributed by atoms with van der Waals surface area (Å²) in [5.74, 6) is 0. The summed E-state index contributed by atoms with van der Waals surface area (Å²) in [5, 5.41) is 0.226. The quantitative estimate of drug-likeness (QED) is 0.583. The van der Waals surface area contributed by atoms with E-state index in [0.717, 1.165) is 13.0 Å². The molecule has 2 saturated heterocycles. The smallest absolute Gasteiger partial charge is 0.192 e. The van der Waals surface area contributed by atoms with E-state index in [0.29, 0.717) is 6.61 Å². The van der Waals surface area contributed by atoms with Gasteiger partial charge in [0, 0.05) is 13.5 Å². The molecule has 0 unspecified atom stereocenters. The molecule has 0 aliphatic carbocycles. The van der Waals surface area contributed by atoms with Gasteiger partial charge in [-0.25, -0.2) is 0 Å². The van der Waals surface area contributed by atoms with Gasteiger partial charge in [0.15, 0.2) is 14.6 Å². The third kappa shape index (κ3) is 2.65. The van der Waals surface area contributed by atoms with E-state index in [1.54, 1.807) is 7.11 Å². The molecule has 0 saturated carbocycles. The molecule has 0 aromatic carbocycles. The van der Waals surface area contributed by atoms with Crippen LogP contribution in [0.1, 0.15) is 27.2 Å². The lowest BCUT2D eigenvalue weighted by molar-refractivity contribution is -0.124. The maximum atomic E-state index is 6.22. The number of hydrogen-bond donors (Lipinski definition) is 0. The molecule has 2 heterocycles. The van der Waals surface area contributed by atoms with E-state index in [1.165, 1.54) is 0 Å². The second-order valence-electron chi connectivity index (χ2n) is 6.92. The number of methoxy groups -OCH3 is 1. The van der Waals surface area contributed by atoms with Crippen molar-refractivity contribution in [1.82, 2.24) is 0 Å². The first kappa shape index (κ1) is 14.5. The molecule has 0 aromatic heterocycles. The molecule has 0 aromatic rings. The van der Waals surface area contributed by atoms with Crippen molar-refractivity contribution < 1.29 is 18.6 Å². The van der Waals surface area contributed by atoms with Gasteiger partial charge in [-0.1, -0.05) is 20.8 Å². The first-order chi connectivity index (χ1) is 8.20. The van der Waals surface area contributed by atoms with E-state index in [-0.39, 0.29) is 23.0 Å². The van der Waals surface area contributed by atoms with Crippen molar-refractivity contribution in [2.45, 2.75) is 63.3 Å². The standard InChI is InChI=1S/C13H26O4Si/c1-12(2,3)18(5,6)16-8-10-13(9-15-13)7-11(14-4)17-10/h10-11H,7-9H2,1-6H3/t10-,11+,13+/m1/s1. The zero-order chi connectivity index (χ0) is 13.6. The molecule has 2 fully saturated rings. The first-order valence-corrected chi connectivity index (χ1v) is 9.57. The van der Waals surface area contributed by atoms with Gasteiger partial charge in [0.2, 0.25) is 0 Å². The highest BCUT2D eigenvalue weighted by Crippen LogP contribution is 2.45. The Morgan fingerprint density at radius 1 is 1.33 bits per heavy atom. The fraction of sp³-hybridized carbons (Fsp3) is 1.00. The van der Waals surface area contributed by atoms with Gasteiger partial charge >= 0.3 is 0 Å². The third-order valence-corrected chi connectivity index (χ3v) is 9.10. The van der Waals surface area contributed by atoms with Gasteiger partial charge in [0.05, 0.1) is 13.2 Å². The topological polar surface area (TPSA) is 40.2 Å². The Labute approximate surface area is 111 Å². The van der Waals surface area contributed by atoms with E-state index < -0.39 is 8.32 Å². The highest BCUT2D eigenvalue weighted by atomic mass is 28.4. The van der Waals surface area contributed by atoms with Crippen molar-refractivity contribution >= 4 is 8.32 Å². The van der Waals surface area contributed by atoms with Crippen molar-refractivity contribution in [3.05, 3.63) is 0 Å². The van der Waals surface area contributed by atoms with Crippen molar-refractivity contribution in [2.24, 2.45) is 0 Å². The Balaban J connectivity index is 1.91. The van der Waals surface area contributed by atoms with Crippen LogP contribution in [0.25, 0.3) is 0 Å². The summed E-state index contributed by atoms with van der Waals surface area (Å²) >= 11 is 0. The predicted molar refractivity (Wildman–Crippen MR) is 72.1 cm³/mol. The number of hydrogen-bond acceptors (Lipinski definition) is 4. The van der Waals surface area contributed by atoms with Crippen molar-refractivity contribution in [1.29, 1.82) is 0 Å². The lowest BCUT2D eigenvalue weighted by Crippen LogP contribution is -2.44. The summed E-state index contributed by atoms with van der Waals surface area (Å²) in [4.78, 5) is 0. The molecule has 4 nitrogen and oxygen atoms in total. The van der Waals surface area contributed by atoms with Crippen LogP contribution in [0.5, 0.6) is 0 Å². The highest BCUT2D eigenvalue weighted by Gasteiger charge is 2.59. The molecule has 0 N–H and O–H groups in total. The molecule has 0 radical (unpaired) electrons. The summed E-state index contributed by atoms with van der Waals surface area (Å²) in [6.07, 6.45) is 0.715. The lowest BCUT2D eigenvalue weighted by Gasteiger charge is -2.37. The van der Waals surface area contributed by atoms with Gasteiger partial charge < -0.3 is 18.6 Å². The third-order valence-electron chi connectivity index (χ3n) is 4.59. The van der Waals surface area contributed by atoms with Crippen LogP contribution in [0.4, 0.5) is 0 Å². The Kier molecular flexibility index (Phi) is 3.66. The SMILES string of the molecule is CO[C@@H]1C[C@]2(CO2)[C@@H](CO[Si](C)(C)C(C)(C)C)O1. The van der Waals surface area contributed by atoms with Crippen LogP contribution in [-0.4, -0.2) is 46.6 Å². The summed E-state index contributed by atoms with van der Waals surface area (Å²) in [6.45, 7) is 12.7. The highest BCUT2D eigenvalue weighted by molar-refractivity contribution is 6.74. The van der Waals surface area contributed by atoms with Gasteiger partial charge in [0.1, 0.15) is 11.7 Å². The van der Waals surface area contributed by atoms with Crippen LogP contribution < -0.4 is 0 Å². The first-order valence-electron chi connectivity index (χ1n) is 6.66. The molecule has 0 bridgehead atoms. The number of epoxide rings is 1. The van der Waals surface area contributed by atoms with Crippen molar-refractivity contribution in [3.63, 3.8) is 0 Å². The van der Waals surface area contributed by atoms with Crippen LogP contribution in [-0.2, 0) is 18.6 Å². The van der Waals surface area contributed by atoms with Gasteiger partial charge in [-0.05, 0) is 18.1 Å². The van der Waals surface area contributed by atoms with Gasteiger partial charge in [-0.3, -0.25) is 0 Å². The molecule has 2 aliphatic heterocycles. The summed E-state index contributed by atoms with van der Waals surface area (Å²) < 4.78 is 22.9. The summed E-state index contributed by atoms with van der Waals surface area (Å²) in [7, 11) is -0.0374. The molecule has 3 atom stereocenters. The van der Waals surface area contributed by atoms with Gasteiger partial charge in [0.25, 0.3) is 0 Å². The van der Waals surface area contributed by atoms with Crippen molar-refractivity contribution in [2.75, 3.05) is 20.3 Å². The van der Waals surface area contributed by atoms with Crippen LogP contribution in [0.3, 0.4) is 0 Å². The Morgan fingerprint density at radius 3 is 2.39 bits per heavy atom. The Morgan fingerprint density at radius 2 is 1.94 bits per heavy atom. The van der Waals surface area contributed by atoms with Gasteiger partial charge in [-0.15, -0.1) is 0 Å². The number of ether oxygens (including phenoxy) is 3. The summed E-state index contributed by atoms with van der Waals surface area (Å²) in [6, 6.07) is 0. The van der Waals surface area contributed by atoms with E-state index >= 15 is 0 Å². The normalized spacial score (nSPS) is 36.3. The predicted octanol–water partition coefficient (Wildman–Crippen LogP) is 2.54.